The molecule has 19 heavy (non-hydrogen) atoms. The van der Waals surface area contributed by atoms with E-state index in [-0.39, 0.29) is 4.47 Å². The topological polar surface area (TPSA) is 20.2 Å². The van der Waals surface area contributed by atoms with Crippen LogP contribution in [-0.2, 0) is 0 Å². The molecule has 0 heterocycles. The number of aliphatic hydroxyl groups excluding tert-OH is 1. The van der Waals surface area contributed by atoms with Crippen LogP contribution in [0.25, 0.3) is 0 Å². The molecule has 0 aliphatic heterocycles. The third-order valence-electron chi connectivity index (χ3n) is 2.32. The van der Waals surface area contributed by atoms with E-state index in [1.165, 1.54) is 6.07 Å². The van der Waals surface area contributed by atoms with E-state index in [4.69, 9.17) is 5.11 Å². The summed E-state index contributed by atoms with van der Waals surface area (Å²) >= 11 is 2.69. The van der Waals surface area contributed by atoms with Crippen molar-refractivity contribution in [3.05, 3.63) is 34.3 Å². The van der Waals surface area contributed by atoms with Crippen molar-refractivity contribution >= 4 is 15.9 Å². The van der Waals surface area contributed by atoms with Gasteiger partial charge in [-0.25, -0.2) is 0 Å². The molecule has 0 radical (unpaired) electrons. The Morgan fingerprint density at radius 2 is 1.42 bits per heavy atom. The number of alkyl halides is 7. The first-order valence-corrected chi connectivity index (χ1v) is 5.47. The van der Waals surface area contributed by atoms with Crippen LogP contribution in [0.5, 0.6) is 0 Å². The minimum absolute atomic E-state index is 0.208. The number of hydrogen-bond acceptors (Lipinski definition) is 1. The SMILES string of the molecule is O[C@@H](c1ccccc1Br)C(F)(F)C(F)(F)C(F)(F)F. The van der Waals surface area contributed by atoms with Crippen LogP contribution in [0.4, 0.5) is 30.7 Å². The van der Waals surface area contributed by atoms with Gasteiger partial charge in [-0.05, 0) is 6.07 Å². The maximum absolute atomic E-state index is 13.2. The largest absolute Gasteiger partial charge is 0.459 e. The first-order chi connectivity index (χ1) is 8.43. The molecule has 0 fully saturated rings. The fourth-order valence-corrected chi connectivity index (χ4v) is 1.75. The molecule has 108 valence electrons. The molecule has 0 aliphatic carbocycles. The van der Waals surface area contributed by atoms with Gasteiger partial charge in [0.25, 0.3) is 0 Å². The summed E-state index contributed by atoms with van der Waals surface area (Å²) in [5.74, 6) is -12.1. The Morgan fingerprint density at radius 1 is 0.947 bits per heavy atom. The molecule has 0 saturated heterocycles. The molecule has 1 N–H and O–H groups in total. The minimum Gasteiger partial charge on any atom is -0.382 e. The predicted molar refractivity (Wildman–Crippen MR) is 55.1 cm³/mol. The number of halogens is 8. The fraction of sp³-hybridized carbons (Fsp3) is 0.400. The first-order valence-electron chi connectivity index (χ1n) is 4.67. The van der Waals surface area contributed by atoms with Gasteiger partial charge in [0.05, 0.1) is 0 Å². The first kappa shape index (κ1) is 16.2. The second-order valence-corrected chi connectivity index (χ2v) is 4.47. The van der Waals surface area contributed by atoms with Crippen molar-refractivity contribution in [3.63, 3.8) is 0 Å². The Kier molecular flexibility index (Phi) is 4.21. The van der Waals surface area contributed by atoms with E-state index < -0.39 is 29.7 Å². The van der Waals surface area contributed by atoms with Crippen LogP contribution < -0.4 is 0 Å². The van der Waals surface area contributed by atoms with E-state index in [1.807, 2.05) is 0 Å². The summed E-state index contributed by atoms with van der Waals surface area (Å²) in [6.45, 7) is 0. The predicted octanol–water partition coefficient (Wildman–Crippen LogP) is 4.32. The molecule has 0 aromatic heterocycles. The molecule has 1 aromatic rings. The molecule has 1 aromatic carbocycles. The molecule has 0 spiro atoms. The molecule has 1 atom stereocenters. The van der Waals surface area contributed by atoms with Gasteiger partial charge in [-0.15, -0.1) is 0 Å². The second-order valence-electron chi connectivity index (χ2n) is 3.62. The summed E-state index contributed by atoms with van der Waals surface area (Å²) < 4.78 is 87.5. The van der Waals surface area contributed by atoms with Crippen LogP contribution in [0.3, 0.4) is 0 Å². The summed E-state index contributed by atoms with van der Waals surface area (Å²) in [4.78, 5) is 0. The Hall–Kier alpha value is -0.830. The van der Waals surface area contributed by atoms with E-state index in [1.54, 1.807) is 0 Å². The minimum atomic E-state index is -6.47. The Balaban J connectivity index is 3.24. The average molecular weight is 355 g/mol. The number of hydrogen-bond donors (Lipinski definition) is 1. The maximum Gasteiger partial charge on any atom is 0.459 e. The maximum atomic E-state index is 13.2. The lowest BCUT2D eigenvalue weighted by atomic mass is 9.98. The van der Waals surface area contributed by atoms with Gasteiger partial charge in [0, 0.05) is 10.0 Å². The highest BCUT2D eigenvalue weighted by molar-refractivity contribution is 9.10. The zero-order chi connectivity index (χ0) is 15.1. The van der Waals surface area contributed by atoms with E-state index in [9.17, 15) is 30.7 Å². The summed E-state index contributed by atoms with van der Waals surface area (Å²) in [6.07, 6.45) is -9.78. The van der Waals surface area contributed by atoms with Crippen molar-refractivity contribution in [2.75, 3.05) is 0 Å². The number of aliphatic hydroxyl groups is 1. The lowest BCUT2D eigenvalue weighted by Crippen LogP contribution is -2.54. The standard InChI is InChI=1S/C10H6BrF7O/c11-6-4-2-1-3-5(6)7(19)8(12,13)9(14,15)10(16,17)18/h1-4,7,19H/t7-/m0/s1. The molecule has 0 saturated carbocycles. The number of benzene rings is 1. The lowest BCUT2D eigenvalue weighted by Gasteiger charge is -2.31. The van der Waals surface area contributed by atoms with Crippen LogP contribution in [0, 0.1) is 0 Å². The summed E-state index contributed by atoms with van der Waals surface area (Å²) in [6, 6.07) is 4.38. The highest BCUT2D eigenvalue weighted by Crippen LogP contribution is 2.52. The van der Waals surface area contributed by atoms with Crippen molar-refractivity contribution in [1.82, 2.24) is 0 Å². The van der Waals surface area contributed by atoms with E-state index in [0.717, 1.165) is 18.2 Å². The quantitative estimate of drug-likeness (QED) is 0.801. The Morgan fingerprint density at radius 3 is 1.84 bits per heavy atom. The van der Waals surface area contributed by atoms with Crippen LogP contribution >= 0.6 is 15.9 Å². The molecule has 1 nitrogen and oxygen atoms in total. The fourth-order valence-electron chi connectivity index (χ4n) is 1.25. The molecule has 0 unspecified atom stereocenters. The second kappa shape index (κ2) is 4.93. The smallest absolute Gasteiger partial charge is 0.382 e. The van der Waals surface area contributed by atoms with Gasteiger partial charge in [0.15, 0.2) is 6.10 Å². The average Bonchev–Trinajstić information content (AvgIpc) is 2.27. The summed E-state index contributed by atoms with van der Waals surface area (Å²) in [5, 5.41) is 9.17. The van der Waals surface area contributed by atoms with Crippen molar-refractivity contribution in [2.45, 2.75) is 24.1 Å². The Labute approximate surface area is 111 Å². The third kappa shape index (κ3) is 2.71. The van der Waals surface area contributed by atoms with E-state index in [0.29, 0.717) is 0 Å². The van der Waals surface area contributed by atoms with Gasteiger partial charge in [-0.3, -0.25) is 0 Å². The van der Waals surface area contributed by atoms with Crippen molar-refractivity contribution in [2.24, 2.45) is 0 Å². The van der Waals surface area contributed by atoms with Crippen molar-refractivity contribution < 1.29 is 35.8 Å². The Bertz CT molecular complexity index is 457. The van der Waals surface area contributed by atoms with Crippen molar-refractivity contribution in [3.8, 4) is 0 Å². The van der Waals surface area contributed by atoms with Crippen LogP contribution in [0.2, 0.25) is 0 Å². The highest BCUT2D eigenvalue weighted by atomic mass is 79.9. The monoisotopic (exact) mass is 354 g/mol. The van der Waals surface area contributed by atoms with Gasteiger partial charge >= 0.3 is 18.0 Å². The summed E-state index contributed by atoms with van der Waals surface area (Å²) in [7, 11) is 0. The molecular weight excluding hydrogens is 349 g/mol. The zero-order valence-electron chi connectivity index (χ0n) is 8.86. The van der Waals surface area contributed by atoms with Gasteiger partial charge in [0.1, 0.15) is 0 Å². The molecule has 0 amide bonds. The molecule has 9 heteroatoms. The van der Waals surface area contributed by atoms with Gasteiger partial charge in [-0.2, -0.15) is 30.7 Å². The lowest BCUT2D eigenvalue weighted by molar-refractivity contribution is -0.372. The van der Waals surface area contributed by atoms with Gasteiger partial charge < -0.3 is 5.11 Å². The van der Waals surface area contributed by atoms with Crippen LogP contribution in [0.15, 0.2) is 28.7 Å². The van der Waals surface area contributed by atoms with Crippen molar-refractivity contribution in [1.29, 1.82) is 0 Å². The number of rotatable bonds is 3. The molecule has 0 bridgehead atoms. The zero-order valence-corrected chi connectivity index (χ0v) is 10.4. The van der Waals surface area contributed by atoms with Gasteiger partial charge in [0.2, 0.25) is 0 Å². The molecular formula is C10H6BrF7O. The molecule has 1 rings (SSSR count). The third-order valence-corrected chi connectivity index (χ3v) is 3.04. The van der Waals surface area contributed by atoms with Crippen LogP contribution in [0.1, 0.15) is 11.7 Å². The highest BCUT2D eigenvalue weighted by Gasteiger charge is 2.75. The normalized spacial score (nSPS) is 15.4. The van der Waals surface area contributed by atoms with Gasteiger partial charge in [-0.1, -0.05) is 34.1 Å². The van der Waals surface area contributed by atoms with E-state index in [2.05, 4.69) is 15.9 Å². The van der Waals surface area contributed by atoms with E-state index >= 15 is 0 Å². The summed E-state index contributed by atoms with van der Waals surface area (Å²) in [5.41, 5.74) is -0.767. The molecule has 0 aliphatic rings. The van der Waals surface area contributed by atoms with Crippen LogP contribution in [-0.4, -0.2) is 23.1 Å².